The Kier molecular flexibility index (Phi) is 3.84. The summed E-state index contributed by atoms with van der Waals surface area (Å²) in [6, 6.07) is 0. The van der Waals surface area contributed by atoms with Crippen LogP contribution in [0.4, 0.5) is 5.82 Å². The average Bonchev–Trinajstić information content (AvgIpc) is 2.56. The lowest BCUT2D eigenvalue weighted by Crippen LogP contribution is -2.21. The van der Waals surface area contributed by atoms with Crippen LogP contribution >= 0.6 is 0 Å². The molecular formula is C15H25N3. The van der Waals surface area contributed by atoms with Gasteiger partial charge in [-0.05, 0) is 12.3 Å². The molecule has 0 atom stereocenters. The summed E-state index contributed by atoms with van der Waals surface area (Å²) in [5, 5.41) is 4.67. The first kappa shape index (κ1) is 14.7. The second-order valence-electron chi connectivity index (χ2n) is 6.56. The van der Waals surface area contributed by atoms with E-state index in [1.807, 2.05) is 6.92 Å². The van der Waals surface area contributed by atoms with E-state index in [1.165, 1.54) is 5.56 Å². The first-order valence-electron chi connectivity index (χ1n) is 6.37. The Bertz CT molecular complexity index is 465. The number of hydrogen-bond acceptors (Lipinski definition) is 2. The molecule has 1 aromatic rings. The fourth-order valence-electron chi connectivity index (χ4n) is 2.01. The molecule has 0 aromatic carbocycles. The maximum Gasteiger partial charge on any atom is 0.158 e. The summed E-state index contributed by atoms with van der Waals surface area (Å²) in [7, 11) is 0. The van der Waals surface area contributed by atoms with Crippen LogP contribution in [0.1, 0.15) is 59.7 Å². The van der Waals surface area contributed by atoms with Crippen LogP contribution in [0.25, 0.3) is 6.20 Å². The molecule has 0 fully saturated rings. The molecule has 0 radical (unpaired) electrons. The Morgan fingerprint density at radius 2 is 1.67 bits per heavy atom. The number of aromatic nitrogens is 2. The van der Waals surface area contributed by atoms with Crippen molar-refractivity contribution >= 4 is 18.2 Å². The van der Waals surface area contributed by atoms with Gasteiger partial charge in [-0.25, -0.2) is 9.67 Å². The molecule has 3 nitrogen and oxygen atoms in total. The van der Waals surface area contributed by atoms with Gasteiger partial charge in [0.05, 0.1) is 5.69 Å². The largest absolute Gasteiger partial charge is 0.242 e. The third-order valence-corrected chi connectivity index (χ3v) is 2.77. The van der Waals surface area contributed by atoms with Gasteiger partial charge in [0.1, 0.15) is 0 Å². The Hall–Kier alpha value is -1.38. The van der Waals surface area contributed by atoms with Gasteiger partial charge in [-0.2, -0.15) is 5.10 Å². The molecule has 0 N–H and O–H groups in total. The van der Waals surface area contributed by atoms with Gasteiger partial charge in [0.15, 0.2) is 5.82 Å². The molecular weight excluding hydrogens is 222 g/mol. The third kappa shape index (κ3) is 2.71. The standard InChI is InChI=1S/C15H25N3/c1-9-16-13-11(14(3,4)5)12(15(6,7)8)17-18(13)10-2/h9-10H,2H2,1,3-8H3. The first-order valence-corrected chi connectivity index (χ1v) is 6.37. The monoisotopic (exact) mass is 247 g/mol. The molecule has 0 aliphatic rings. The SMILES string of the molecule is C=Cn1nc(C(C)(C)C)c(C(C)(C)C)c1N=CC. The predicted molar refractivity (Wildman–Crippen MR) is 79.8 cm³/mol. The topological polar surface area (TPSA) is 30.2 Å². The quantitative estimate of drug-likeness (QED) is 0.717. The zero-order chi connectivity index (χ0) is 14.1. The van der Waals surface area contributed by atoms with Crippen molar-refractivity contribution in [3.8, 4) is 0 Å². The lowest BCUT2D eigenvalue weighted by atomic mass is 9.79. The van der Waals surface area contributed by atoms with E-state index in [4.69, 9.17) is 0 Å². The van der Waals surface area contributed by atoms with Gasteiger partial charge in [-0.15, -0.1) is 0 Å². The summed E-state index contributed by atoms with van der Waals surface area (Å²) in [4.78, 5) is 4.48. The van der Waals surface area contributed by atoms with Crippen molar-refractivity contribution in [3.63, 3.8) is 0 Å². The number of nitrogens with zero attached hydrogens (tertiary/aromatic N) is 3. The van der Waals surface area contributed by atoms with Gasteiger partial charge in [0.25, 0.3) is 0 Å². The first-order chi connectivity index (χ1) is 8.12. The summed E-state index contributed by atoms with van der Waals surface area (Å²) >= 11 is 0. The van der Waals surface area contributed by atoms with E-state index in [9.17, 15) is 0 Å². The van der Waals surface area contributed by atoms with Crippen molar-refractivity contribution < 1.29 is 0 Å². The van der Waals surface area contributed by atoms with Gasteiger partial charge in [-0.1, -0.05) is 48.1 Å². The molecule has 100 valence electrons. The molecule has 0 bridgehead atoms. The van der Waals surface area contributed by atoms with Crippen LogP contribution in [-0.2, 0) is 10.8 Å². The Morgan fingerprint density at radius 3 is 2.00 bits per heavy atom. The second-order valence-corrected chi connectivity index (χ2v) is 6.56. The molecule has 0 saturated heterocycles. The van der Waals surface area contributed by atoms with E-state index in [1.54, 1.807) is 17.1 Å². The normalized spacial score (nSPS) is 13.3. The van der Waals surface area contributed by atoms with Gasteiger partial charge in [-0.3, -0.25) is 0 Å². The van der Waals surface area contributed by atoms with Crippen molar-refractivity contribution in [1.29, 1.82) is 0 Å². The molecule has 3 heteroatoms. The Morgan fingerprint density at radius 1 is 1.11 bits per heavy atom. The Balaban J connectivity index is 3.69. The third-order valence-electron chi connectivity index (χ3n) is 2.77. The highest BCUT2D eigenvalue weighted by Gasteiger charge is 2.32. The van der Waals surface area contributed by atoms with Crippen molar-refractivity contribution in [2.75, 3.05) is 0 Å². The van der Waals surface area contributed by atoms with Gasteiger partial charge in [0.2, 0.25) is 0 Å². The minimum atomic E-state index is -0.00507. The summed E-state index contributed by atoms with van der Waals surface area (Å²) in [6.45, 7) is 18.9. The molecule has 0 amide bonds. The van der Waals surface area contributed by atoms with Gasteiger partial charge < -0.3 is 0 Å². The van der Waals surface area contributed by atoms with E-state index in [0.717, 1.165) is 11.5 Å². The van der Waals surface area contributed by atoms with Crippen LogP contribution < -0.4 is 0 Å². The zero-order valence-electron chi connectivity index (χ0n) is 12.7. The average molecular weight is 247 g/mol. The number of hydrogen-bond donors (Lipinski definition) is 0. The summed E-state index contributed by atoms with van der Waals surface area (Å²) in [5.74, 6) is 0.893. The summed E-state index contributed by atoms with van der Waals surface area (Å²) < 4.78 is 1.78. The lowest BCUT2D eigenvalue weighted by molar-refractivity contribution is 0.519. The van der Waals surface area contributed by atoms with Crippen molar-refractivity contribution in [2.24, 2.45) is 4.99 Å². The van der Waals surface area contributed by atoms with Crippen LogP contribution in [0.2, 0.25) is 0 Å². The molecule has 18 heavy (non-hydrogen) atoms. The van der Waals surface area contributed by atoms with Crippen LogP contribution in [0.15, 0.2) is 11.6 Å². The van der Waals surface area contributed by atoms with Gasteiger partial charge in [0, 0.05) is 23.4 Å². The molecule has 1 rings (SSSR count). The minimum Gasteiger partial charge on any atom is -0.242 e. The van der Waals surface area contributed by atoms with Crippen LogP contribution in [0.3, 0.4) is 0 Å². The van der Waals surface area contributed by atoms with E-state index in [-0.39, 0.29) is 10.8 Å². The molecule has 0 saturated carbocycles. The zero-order valence-corrected chi connectivity index (χ0v) is 12.7. The highest BCUT2D eigenvalue weighted by molar-refractivity contribution is 5.64. The molecule has 1 heterocycles. The number of rotatable bonds is 2. The van der Waals surface area contributed by atoms with Crippen molar-refractivity contribution in [3.05, 3.63) is 17.8 Å². The number of aliphatic imine (C=N–C) groups is 1. The molecule has 0 unspecified atom stereocenters. The van der Waals surface area contributed by atoms with E-state index in [2.05, 4.69) is 58.2 Å². The van der Waals surface area contributed by atoms with Crippen LogP contribution in [-0.4, -0.2) is 16.0 Å². The van der Waals surface area contributed by atoms with Gasteiger partial charge >= 0.3 is 0 Å². The molecule has 0 spiro atoms. The fourth-order valence-corrected chi connectivity index (χ4v) is 2.01. The smallest absolute Gasteiger partial charge is 0.158 e. The van der Waals surface area contributed by atoms with Crippen LogP contribution in [0, 0.1) is 0 Å². The maximum absolute atomic E-state index is 4.67. The van der Waals surface area contributed by atoms with E-state index >= 15 is 0 Å². The molecule has 0 aliphatic heterocycles. The molecule has 0 aliphatic carbocycles. The summed E-state index contributed by atoms with van der Waals surface area (Å²) in [6.07, 6.45) is 3.52. The van der Waals surface area contributed by atoms with Crippen LogP contribution in [0.5, 0.6) is 0 Å². The highest BCUT2D eigenvalue weighted by Crippen LogP contribution is 2.39. The van der Waals surface area contributed by atoms with Crippen molar-refractivity contribution in [2.45, 2.75) is 59.3 Å². The fraction of sp³-hybridized carbons (Fsp3) is 0.600. The minimum absolute atomic E-state index is 0.00507. The Labute approximate surface area is 111 Å². The summed E-state index contributed by atoms with van der Waals surface area (Å²) in [5.41, 5.74) is 2.30. The lowest BCUT2D eigenvalue weighted by Gasteiger charge is -2.25. The highest BCUT2D eigenvalue weighted by atomic mass is 15.3. The van der Waals surface area contributed by atoms with E-state index < -0.39 is 0 Å². The maximum atomic E-state index is 4.67. The molecule has 1 aromatic heterocycles. The van der Waals surface area contributed by atoms with Crippen molar-refractivity contribution in [1.82, 2.24) is 9.78 Å². The van der Waals surface area contributed by atoms with E-state index in [0.29, 0.717) is 0 Å². The second kappa shape index (κ2) is 4.71. The predicted octanol–water partition coefficient (Wildman–Crippen LogP) is 4.30.